The predicted octanol–water partition coefficient (Wildman–Crippen LogP) is 3.73. The van der Waals surface area contributed by atoms with Gasteiger partial charge in [-0.25, -0.2) is 0 Å². The van der Waals surface area contributed by atoms with E-state index in [4.69, 9.17) is 17.0 Å². The first kappa shape index (κ1) is 17.0. The van der Waals surface area contributed by atoms with Crippen LogP contribution in [0.4, 0.5) is 5.69 Å². The maximum absolute atomic E-state index is 9.19. The van der Waals surface area contributed by atoms with Crippen molar-refractivity contribution in [1.82, 2.24) is 4.90 Å². The van der Waals surface area contributed by atoms with E-state index in [9.17, 15) is 5.26 Å². The van der Waals surface area contributed by atoms with Crippen molar-refractivity contribution in [2.24, 2.45) is 5.10 Å². The lowest BCUT2D eigenvalue weighted by Crippen LogP contribution is -2.37. The zero-order valence-corrected chi connectivity index (χ0v) is 13.1. The molecule has 1 aromatic carbocycles. The van der Waals surface area contributed by atoms with Crippen LogP contribution in [-0.2, 0) is 0 Å². The molecule has 0 saturated carbocycles. The second-order valence-electron chi connectivity index (χ2n) is 4.53. The van der Waals surface area contributed by atoms with Crippen LogP contribution in [0, 0.1) is 16.7 Å². The molecule has 0 atom stereocenters. The summed E-state index contributed by atoms with van der Waals surface area (Å²) in [4.78, 5) is 1.87. The van der Waals surface area contributed by atoms with E-state index in [2.05, 4.69) is 10.5 Å². The number of hydrogen-bond acceptors (Lipinski definition) is 4. The molecule has 1 rings (SSSR count). The minimum atomic E-state index is 0.0758. The Balaban J connectivity index is 2.80. The van der Waals surface area contributed by atoms with E-state index >= 15 is 0 Å². The van der Waals surface area contributed by atoms with Gasteiger partial charge in [0.15, 0.2) is 5.84 Å². The highest BCUT2D eigenvalue weighted by atomic mass is 35.5. The molecule has 0 aliphatic carbocycles. The fourth-order valence-electron chi connectivity index (χ4n) is 1.80. The van der Waals surface area contributed by atoms with Crippen LogP contribution >= 0.6 is 11.6 Å². The molecule has 0 saturated heterocycles. The standard InChI is InChI=1S/C15H20ClN5/c1-3-9-21(10-4-2)15(18)14(11-17)20-19-13-7-5-12(16)6-8-13/h5-8,18-19H,3-4,9-10H2,1-2H3/b18-15?,20-14+. The highest BCUT2D eigenvalue weighted by Crippen LogP contribution is 2.13. The lowest BCUT2D eigenvalue weighted by Gasteiger charge is -2.22. The van der Waals surface area contributed by atoms with Crippen LogP contribution in [0.5, 0.6) is 0 Å². The topological polar surface area (TPSA) is 75.3 Å². The molecule has 0 heterocycles. The maximum atomic E-state index is 9.19. The average Bonchev–Trinajstić information content (AvgIpc) is 2.49. The summed E-state index contributed by atoms with van der Waals surface area (Å²) in [6.07, 6.45) is 1.84. The summed E-state index contributed by atoms with van der Waals surface area (Å²) in [6.45, 7) is 5.58. The monoisotopic (exact) mass is 305 g/mol. The van der Waals surface area contributed by atoms with Crippen LogP contribution in [0.1, 0.15) is 26.7 Å². The van der Waals surface area contributed by atoms with Crippen LogP contribution in [0.2, 0.25) is 5.02 Å². The van der Waals surface area contributed by atoms with E-state index in [1.54, 1.807) is 24.3 Å². The summed E-state index contributed by atoms with van der Waals surface area (Å²) in [5, 5.41) is 22.0. The van der Waals surface area contributed by atoms with Gasteiger partial charge in [0.2, 0.25) is 5.71 Å². The number of rotatable bonds is 7. The number of anilines is 1. The first-order chi connectivity index (χ1) is 10.1. The molecular formula is C15H20ClN5. The molecule has 0 fully saturated rings. The van der Waals surface area contributed by atoms with Crippen molar-refractivity contribution in [3.63, 3.8) is 0 Å². The zero-order valence-electron chi connectivity index (χ0n) is 12.4. The smallest absolute Gasteiger partial charge is 0.202 e. The van der Waals surface area contributed by atoms with Gasteiger partial charge in [0.1, 0.15) is 6.07 Å². The fourth-order valence-corrected chi connectivity index (χ4v) is 1.93. The minimum Gasteiger partial charge on any atom is -0.355 e. The summed E-state index contributed by atoms with van der Waals surface area (Å²) in [5.74, 6) is 0.155. The molecule has 0 amide bonds. The van der Waals surface area contributed by atoms with Gasteiger partial charge in [-0.1, -0.05) is 25.4 Å². The normalized spacial score (nSPS) is 10.9. The first-order valence-electron chi connectivity index (χ1n) is 6.95. The van der Waals surface area contributed by atoms with E-state index in [-0.39, 0.29) is 11.5 Å². The molecule has 112 valence electrons. The van der Waals surface area contributed by atoms with Gasteiger partial charge in [-0.3, -0.25) is 10.8 Å². The predicted molar refractivity (Wildman–Crippen MR) is 88.0 cm³/mol. The molecule has 0 radical (unpaired) electrons. The van der Waals surface area contributed by atoms with Crippen LogP contribution in [0.15, 0.2) is 29.4 Å². The van der Waals surface area contributed by atoms with Crippen molar-refractivity contribution >= 4 is 28.8 Å². The first-order valence-corrected chi connectivity index (χ1v) is 7.33. The molecule has 0 aliphatic rings. The Morgan fingerprint density at radius 3 is 2.33 bits per heavy atom. The number of nitrogens with one attached hydrogen (secondary N) is 2. The van der Waals surface area contributed by atoms with Crippen molar-refractivity contribution < 1.29 is 0 Å². The number of hydrazone groups is 1. The van der Waals surface area contributed by atoms with Crippen molar-refractivity contribution in [2.45, 2.75) is 26.7 Å². The molecule has 2 N–H and O–H groups in total. The van der Waals surface area contributed by atoms with E-state index in [0.29, 0.717) is 5.02 Å². The van der Waals surface area contributed by atoms with Gasteiger partial charge in [-0.15, -0.1) is 0 Å². The quantitative estimate of drug-likeness (QED) is 0.458. The van der Waals surface area contributed by atoms with Crippen LogP contribution in [-0.4, -0.2) is 29.5 Å². The molecule has 0 aromatic heterocycles. The summed E-state index contributed by atoms with van der Waals surface area (Å²) >= 11 is 5.81. The van der Waals surface area contributed by atoms with Gasteiger partial charge in [0.25, 0.3) is 0 Å². The van der Waals surface area contributed by atoms with E-state index < -0.39 is 0 Å². The lowest BCUT2D eigenvalue weighted by atomic mass is 10.3. The Morgan fingerprint density at radius 2 is 1.86 bits per heavy atom. The second-order valence-corrected chi connectivity index (χ2v) is 4.96. The summed E-state index contributed by atoms with van der Waals surface area (Å²) in [7, 11) is 0. The number of amidine groups is 1. The zero-order chi connectivity index (χ0) is 15.7. The highest BCUT2D eigenvalue weighted by Gasteiger charge is 2.14. The van der Waals surface area contributed by atoms with Gasteiger partial charge < -0.3 is 4.90 Å². The number of benzene rings is 1. The van der Waals surface area contributed by atoms with Crippen molar-refractivity contribution in [3.8, 4) is 6.07 Å². The van der Waals surface area contributed by atoms with Gasteiger partial charge >= 0.3 is 0 Å². The third-order valence-electron chi connectivity index (χ3n) is 2.77. The Labute approximate surface area is 130 Å². The molecule has 5 nitrogen and oxygen atoms in total. The van der Waals surface area contributed by atoms with Crippen LogP contribution < -0.4 is 5.43 Å². The third kappa shape index (κ3) is 5.44. The Kier molecular flexibility index (Phi) is 7.27. The summed E-state index contributed by atoms with van der Waals surface area (Å²) < 4.78 is 0. The average molecular weight is 306 g/mol. The van der Waals surface area contributed by atoms with E-state index in [0.717, 1.165) is 31.6 Å². The molecule has 0 bridgehead atoms. The van der Waals surface area contributed by atoms with E-state index in [1.807, 2.05) is 24.8 Å². The van der Waals surface area contributed by atoms with Crippen LogP contribution in [0.3, 0.4) is 0 Å². The lowest BCUT2D eigenvalue weighted by molar-refractivity contribution is 0.419. The Hall–Kier alpha value is -2.06. The molecule has 0 unspecified atom stereocenters. The molecule has 6 heteroatoms. The van der Waals surface area contributed by atoms with Crippen LogP contribution in [0.25, 0.3) is 0 Å². The largest absolute Gasteiger partial charge is 0.355 e. The molecular weight excluding hydrogens is 286 g/mol. The van der Waals surface area contributed by atoms with Gasteiger partial charge in [-0.2, -0.15) is 10.4 Å². The van der Waals surface area contributed by atoms with Crippen molar-refractivity contribution in [1.29, 1.82) is 10.7 Å². The summed E-state index contributed by atoms with van der Waals surface area (Å²) in [5.41, 5.74) is 3.58. The number of hydrogen-bond donors (Lipinski definition) is 2. The number of nitriles is 1. The molecule has 21 heavy (non-hydrogen) atoms. The highest BCUT2D eigenvalue weighted by molar-refractivity contribution is 6.46. The third-order valence-corrected chi connectivity index (χ3v) is 3.03. The molecule has 0 spiro atoms. The number of halogens is 1. The fraction of sp³-hybridized carbons (Fsp3) is 0.400. The van der Waals surface area contributed by atoms with E-state index in [1.165, 1.54) is 0 Å². The minimum absolute atomic E-state index is 0.0758. The molecule has 1 aromatic rings. The van der Waals surface area contributed by atoms with Gasteiger partial charge in [-0.05, 0) is 37.1 Å². The van der Waals surface area contributed by atoms with Crippen molar-refractivity contribution in [3.05, 3.63) is 29.3 Å². The Bertz CT molecular complexity index is 524. The van der Waals surface area contributed by atoms with Crippen molar-refractivity contribution in [2.75, 3.05) is 18.5 Å². The summed E-state index contributed by atoms with van der Waals surface area (Å²) in [6, 6.07) is 8.97. The number of nitrogens with zero attached hydrogens (tertiary/aromatic N) is 3. The Morgan fingerprint density at radius 1 is 1.29 bits per heavy atom. The second kappa shape index (κ2) is 8.98. The van der Waals surface area contributed by atoms with Gasteiger partial charge in [0.05, 0.1) is 5.69 Å². The molecule has 0 aliphatic heterocycles. The maximum Gasteiger partial charge on any atom is 0.202 e. The van der Waals surface area contributed by atoms with Gasteiger partial charge in [0, 0.05) is 18.1 Å². The SMILES string of the molecule is CCCN(CCC)C(=N)/C(C#N)=N/Nc1ccc(Cl)cc1.